The largest absolute Gasteiger partial charge is 0.328 e. The molecule has 0 spiro atoms. The Morgan fingerprint density at radius 1 is 1.43 bits per heavy atom. The summed E-state index contributed by atoms with van der Waals surface area (Å²) in [6.45, 7) is 4.94. The quantitative estimate of drug-likeness (QED) is 0.879. The van der Waals surface area contributed by atoms with E-state index >= 15 is 0 Å². The molecule has 1 fully saturated rings. The van der Waals surface area contributed by atoms with Crippen LogP contribution in [-0.4, -0.2) is 36.5 Å². The molecule has 1 aromatic rings. The third kappa shape index (κ3) is 4.99. The minimum Gasteiger partial charge on any atom is -0.328 e. The normalized spacial score (nSPS) is 18.4. The number of para-hydroxylation sites is 1. The maximum atomic E-state index is 12.0. The van der Waals surface area contributed by atoms with E-state index in [2.05, 4.69) is 17.1 Å². The van der Waals surface area contributed by atoms with Crippen LogP contribution in [0, 0.1) is 5.92 Å². The van der Waals surface area contributed by atoms with E-state index in [0.29, 0.717) is 23.0 Å². The van der Waals surface area contributed by atoms with Crippen molar-refractivity contribution in [3.63, 3.8) is 0 Å². The third-order valence-electron chi connectivity index (χ3n) is 4.18. The zero-order chi connectivity index (χ0) is 15.2. The monoisotopic (exact) mass is 309 g/mol. The second-order valence-electron chi connectivity index (χ2n) is 5.82. The lowest BCUT2D eigenvalue weighted by molar-refractivity contribution is -0.116. The second-order valence-corrected chi connectivity index (χ2v) is 6.22. The summed E-state index contributed by atoms with van der Waals surface area (Å²) in [7, 11) is 0. The van der Waals surface area contributed by atoms with Crippen molar-refractivity contribution in [2.45, 2.75) is 32.2 Å². The summed E-state index contributed by atoms with van der Waals surface area (Å²) in [5, 5.41) is 3.43. The van der Waals surface area contributed by atoms with Crippen LogP contribution in [0.25, 0.3) is 0 Å². The lowest BCUT2D eigenvalue weighted by Crippen LogP contribution is -2.40. The third-order valence-corrected chi connectivity index (χ3v) is 4.51. The van der Waals surface area contributed by atoms with Gasteiger partial charge in [0.2, 0.25) is 5.91 Å². The van der Waals surface area contributed by atoms with Crippen molar-refractivity contribution in [3.05, 3.63) is 29.3 Å². The van der Waals surface area contributed by atoms with Gasteiger partial charge in [0.1, 0.15) is 0 Å². The average Bonchev–Trinajstić information content (AvgIpc) is 2.48. The first-order chi connectivity index (χ1) is 10.1. The van der Waals surface area contributed by atoms with E-state index < -0.39 is 0 Å². The Balaban J connectivity index is 1.72. The van der Waals surface area contributed by atoms with E-state index in [9.17, 15) is 4.79 Å². The van der Waals surface area contributed by atoms with Gasteiger partial charge < -0.3 is 16.0 Å². The summed E-state index contributed by atoms with van der Waals surface area (Å²) < 4.78 is 0. The Morgan fingerprint density at radius 3 is 2.71 bits per heavy atom. The fraction of sp³-hybridized carbons (Fsp3) is 0.562. The second kappa shape index (κ2) is 7.78. The number of piperidine rings is 1. The summed E-state index contributed by atoms with van der Waals surface area (Å²) in [4.78, 5) is 14.3. The van der Waals surface area contributed by atoms with Crippen molar-refractivity contribution < 1.29 is 4.79 Å². The molecule has 5 heteroatoms. The highest BCUT2D eigenvalue weighted by Crippen LogP contribution is 2.21. The summed E-state index contributed by atoms with van der Waals surface area (Å²) in [5.74, 6) is 0.635. The first-order valence-electron chi connectivity index (χ1n) is 7.58. The molecular formula is C16H24ClN3O. The number of nitrogens with two attached hydrogens (primary N) is 1. The van der Waals surface area contributed by atoms with E-state index in [1.54, 1.807) is 6.07 Å². The lowest BCUT2D eigenvalue weighted by atomic mass is 9.91. The molecule has 1 heterocycles. The molecule has 3 N–H and O–H groups in total. The number of hydrogen-bond acceptors (Lipinski definition) is 3. The molecule has 21 heavy (non-hydrogen) atoms. The van der Waals surface area contributed by atoms with Gasteiger partial charge in [0.05, 0.1) is 10.7 Å². The maximum absolute atomic E-state index is 12.0. The Morgan fingerprint density at radius 2 is 2.10 bits per heavy atom. The van der Waals surface area contributed by atoms with E-state index in [-0.39, 0.29) is 11.9 Å². The summed E-state index contributed by atoms with van der Waals surface area (Å²) in [6, 6.07) is 7.57. The molecule has 2 rings (SSSR count). The molecule has 1 aliphatic rings. The number of carbonyl (C=O) groups excluding carboxylic acids is 1. The molecule has 1 unspecified atom stereocenters. The minimum absolute atomic E-state index is 0.0115. The van der Waals surface area contributed by atoms with Crippen LogP contribution >= 0.6 is 11.6 Å². The fourth-order valence-electron chi connectivity index (χ4n) is 2.74. The van der Waals surface area contributed by atoms with E-state index in [1.807, 2.05) is 18.2 Å². The zero-order valence-corrected chi connectivity index (χ0v) is 13.3. The number of anilines is 1. The van der Waals surface area contributed by atoms with Crippen LogP contribution in [0.4, 0.5) is 5.69 Å². The van der Waals surface area contributed by atoms with Gasteiger partial charge in [-0.1, -0.05) is 23.7 Å². The van der Waals surface area contributed by atoms with Gasteiger partial charge in [-0.3, -0.25) is 4.79 Å². The predicted molar refractivity (Wildman–Crippen MR) is 87.5 cm³/mol. The highest BCUT2D eigenvalue weighted by Gasteiger charge is 2.21. The standard InChI is InChI=1S/C16H24ClN3O/c1-12(18)13-6-9-20(10-7-13)11-8-16(21)19-15-5-3-2-4-14(15)17/h2-5,12-13H,6-11,18H2,1H3,(H,19,21). The molecule has 0 radical (unpaired) electrons. The molecule has 0 bridgehead atoms. The van der Waals surface area contributed by atoms with Gasteiger partial charge >= 0.3 is 0 Å². The number of likely N-dealkylation sites (tertiary alicyclic amines) is 1. The van der Waals surface area contributed by atoms with E-state index in [4.69, 9.17) is 17.3 Å². The molecule has 0 aromatic heterocycles. The molecule has 1 atom stereocenters. The van der Waals surface area contributed by atoms with Crippen LogP contribution in [0.5, 0.6) is 0 Å². The van der Waals surface area contributed by atoms with Crippen molar-refractivity contribution in [2.24, 2.45) is 11.7 Å². The molecule has 1 aromatic carbocycles. The smallest absolute Gasteiger partial charge is 0.225 e. The van der Waals surface area contributed by atoms with Crippen molar-refractivity contribution in [3.8, 4) is 0 Å². The van der Waals surface area contributed by atoms with Gasteiger partial charge in [-0.15, -0.1) is 0 Å². The van der Waals surface area contributed by atoms with Gasteiger partial charge in [-0.05, 0) is 50.9 Å². The summed E-state index contributed by atoms with van der Waals surface area (Å²) in [6.07, 6.45) is 2.75. The number of nitrogens with one attached hydrogen (secondary N) is 1. The van der Waals surface area contributed by atoms with Crippen molar-refractivity contribution >= 4 is 23.2 Å². The van der Waals surface area contributed by atoms with Crippen molar-refractivity contribution in [1.29, 1.82) is 0 Å². The van der Waals surface area contributed by atoms with Crippen LogP contribution in [-0.2, 0) is 4.79 Å². The van der Waals surface area contributed by atoms with Crippen LogP contribution in [0.15, 0.2) is 24.3 Å². The number of carbonyl (C=O) groups is 1. The van der Waals surface area contributed by atoms with Crippen LogP contribution < -0.4 is 11.1 Å². The maximum Gasteiger partial charge on any atom is 0.225 e. The van der Waals surface area contributed by atoms with E-state index in [1.165, 1.54) is 0 Å². The Labute approximate surface area is 131 Å². The highest BCUT2D eigenvalue weighted by molar-refractivity contribution is 6.33. The molecule has 116 valence electrons. The number of rotatable bonds is 5. The lowest BCUT2D eigenvalue weighted by Gasteiger charge is -2.33. The first-order valence-corrected chi connectivity index (χ1v) is 7.96. The molecular weight excluding hydrogens is 286 g/mol. The molecule has 4 nitrogen and oxygen atoms in total. The van der Waals surface area contributed by atoms with Gasteiger partial charge in [-0.2, -0.15) is 0 Å². The summed E-state index contributed by atoms with van der Waals surface area (Å²) in [5.41, 5.74) is 6.62. The van der Waals surface area contributed by atoms with Gasteiger partial charge in [0.25, 0.3) is 0 Å². The average molecular weight is 310 g/mol. The van der Waals surface area contributed by atoms with Crippen LogP contribution in [0.1, 0.15) is 26.2 Å². The molecule has 1 aliphatic heterocycles. The number of halogens is 1. The molecule has 1 amide bonds. The Bertz CT molecular complexity index is 470. The van der Waals surface area contributed by atoms with Gasteiger partial charge in [0.15, 0.2) is 0 Å². The SMILES string of the molecule is CC(N)C1CCN(CCC(=O)Nc2ccccc2Cl)CC1. The van der Waals surface area contributed by atoms with Gasteiger partial charge in [0, 0.05) is 19.0 Å². The predicted octanol–water partition coefficient (Wildman–Crippen LogP) is 2.73. The number of hydrogen-bond donors (Lipinski definition) is 2. The highest BCUT2D eigenvalue weighted by atomic mass is 35.5. The first kappa shape index (κ1) is 16.3. The van der Waals surface area contributed by atoms with Gasteiger partial charge in [-0.25, -0.2) is 0 Å². The van der Waals surface area contributed by atoms with Crippen LogP contribution in [0.3, 0.4) is 0 Å². The van der Waals surface area contributed by atoms with Crippen molar-refractivity contribution in [2.75, 3.05) is 25.0 Å². The van der Waals surface area contributed by atoms with Crippen LogP contribution in [0.2, 0.25) is 5.02 Å². The minimum atomic E-state index is 0.0115. The summed E-state index contributed by atoms with van der Waals surface area (Å²) >= 11 is 6.03. The zero-order valence-electron chi connectivity index (χ0n) is 12.5. The number of amides is 1. The fourth-order valence-corrected chi connectivity index (χ4v) is 2.92. The topological polar surface area (TPSA) is 58.4 Å². The molecule has 0 aliphatic carbocycles. The number of benzene rings is 1. The molecule has 1 saturated heterocycles. The Hall–Kier alpha value is -1.10. The number of nitrogens with zero attached hydrogens (tertiary/aromatic N) is 1. The van der Waals surface area contributed by atoms with Crippen molar-refractivity contribution in [1.82, 2.24) is 4.90 Å². The Kier molecular flexibility index (Phi) is 6.03. The molecule has 0 saturated carbocycles. The van der Waals surface area contributed by atoms with E-state index in [0.717, 1.165) is 32.5 Å².